The lowest BCUT2D eigenvalue weighted by Crippen LogP contribution is -2.32. The second-order valence-electron chi connectivity index (χ2n) is 3.89. The van der Waals surface area contributed by atoms with Crippen molar-refractivity contribution in [3.8, 4) is 5.75 Å². The molecule has 1 aromatic carbocycles. The molecule has 1 N–H and O–H groups in total. The van der Waals surface area contributed by atoms with E-state index in [1.165, 1.54) is 0 Å². The maximum atomic E-state index is 9.78. The van der Waals surface area contributed by atoms with E-state index in [1.54, 1.807) is 20.1 Å². The maximum Gasteiger partial charge on any atom is 0.119 e. The lowest BCUT2D eigenvalue weighted by molar-refractivity contribution is 0.133. The number of benzene rings is 1. The van der Waals surface area contributed by atoms with Crippen LogP contribution in [0.3, 0.4) is 0 Å². The Morgan fingerprint density at radius 3 is 2.67 bits per heavy atom. The Labute approximate surface area is 91.2 Å². The summed E-state index contributed by atoms with van der Waals surface area (Å²) in [5, 5.41) is 9.78. The summed E-state index contributed by atoms with van der Waals surface area (Å²) >= 11 is 0. The first-order valence-electron chi connectivity index (χ1n) is 5.00. The minimum Gasteiger partial charge on any atom is -0.497 e. The lowest BCUT2D eigenvalue weighted by atomic mass is 9.78. The van der Waals surface area contributed by atoms with Gasteiger partial charge in [-0.2, -0.15) is 0 Å². The Kier molecular flexibility index (Phi) is 3.53. The highest BCUT2D eigenvalue weighted by Crippen LogP contribution is 2.30. The summed E-state index contributed by atoms with van der Waals surface area (Å²) in [5.41, 5.74) is 0.570. The molecule has 1 rings (SSSR count). The molecule has 0 aliphatic carbocycles. The highest BCUT2D eigenvalue weighted by molar-refractivity contribution is 5.37. The van der Waals surface area contributed by atoms with Crippen LogP contribution in [0.2, 0.25) is 0 Å². The van der Waals surface area contributed by atoms with E-state index in [9.17, 15) is 5.11 Å². The van der Waals surface area contributed by atoms with Gasteiger partial charge in [-0.1, -0.05) is 18.2 Å². The fourth-order valence-corrected chi connectivity index (χ4v) is 1.49. The Morgan fingerprint density at radius 1 is 1.53 bits per heavy atom. The molecule has 0 aromatic heterocycles. The number of ether oxygens (including phenoxy) is 1. The molecular formula is C13H18O2. The molecule has 0 saturated heterocycles. The van der Waals surface area contributed by atoms with Crippen LogP contribution < -0.4 is 4.74 Å². The van der Waals surface area contributed by atoms with E-state index in [0.29, 0.717) is 0 Å². The van der Waals surface area contributed by atoms with Crippen molar-refractivity contribution in [3.63, 3.8) is 0 Å². The van der Waals surface area contributed by atoms with Crippen LogP contribution in [0.1, 0.15) is 19.4 Å². The summed E-state index contributed by atoms with van der Waals surface area (Å²) in [4.78, 5) is 0. The van der Waals surface area contributed by atoms with Gasteiger partial charge in [0.25, 0.3) is 0 Å². The van der Waals surface area contributed by atoms with Crippen molar-refractivity contribution in [2.75, 3.05) is 7.11 Å². The summed E-state index contributed by atoms with van der Waals surface area (Å²) in [6, 6.07) is 7.69. The quantitative estimate of drug-likeness (QED) is 0.767. The van der Waals surface area contributed by atoms with E-state index in [-0.39, 0.29) is 0 Å². The van der Waals surface area contributed by atoms with E-state index in [0.717, 1.165) is 11.3 Å². The van der Waals surface area contributed by atoms with Crippen LogP contribution in [0.15, 0.2) is 36.9 Å². The monoisotopic (exact) mass is 206 g/mol. The summed E-state index contributed by atoms with van der Waals surface area (Å²) in [5.74, 6) is 0.793. The minimum atomic E-state index is -0.484. The van der Waals surface area contributed by atoms with Gasteiger partial charge in [0, 0.05) is 5.41 Å². The van der Waals surface area contributed by atoms with E-state index in [2.05, 4.69) is 6.58 Å². The molecule has 0 bridgehead atoms. The second kappa shape index (κ2) is 4.49. The van der Waals surface area contributed by atoms with Crippen molar-refractivity contribution < 1.29 is 9.84 Å². The van der Waals surface area contributed by atoms with Gasteiger partial charge < -0.3 is 9.84 Å². The van der Waals surface area contributed by atoms with Crippen molar-refractivity contribution in [1.82, 2.24) is 0 Å². The van der Waals surface area contributed by atoms with E-state index in [1.807, 2.05) is 31.2 Å². The first-order chi connectivity index (χ1) is 7.04. The zero-order chi connectivity index (χ0) is 11.5. The van der Waals surface area contributed by atoms with Crippen molar-refractivity contribution >= 4 is 0 Å². The van der Waals surface area contributed by atoms with Crippen molar-refractivity contribution in [3.05, 3.63) is 42.5 Å². The molecule has 15 heavy (non-hydrogen) atoms. The lowest BCUT2D eigenvalue weighted by Gasteiger charge is -2.29. The molecule has 0 saturated carbocycles. The highest BCUT2D eigenvalue weighted by Gasteiger charge is 2.28. The number of hydrogen-bond acceptors (Lipinski definition) is 2. The fourth-order valence-electron chi connectivity index (χ4n) is 1.49. The smallest absolute Gasteiger partial charge is 0.119 e. The number of methoxy groups -OCH3 is 1. The Hall–Kier alpha value is -1.28. The second-order valence-corrected chi connectivity index (χ2v) is 3.89. The van der Waals surface area contributed by atoms with E-state index < -0.39 is 11.5 Å². The zero-order valence-corrected chi connectivity index (χ0v) is 9.53. The van der Waals surface area contributed by atoms with Gasteiger partial charge in [0.05, 0.1) is 13.2 Å². The summed E-state index contributed by atoms with van der Waals surface area (Å²) in [6.07, 6.45) is 1.29. The first-order valence-corrected chi connectivity index (χ1v) is 5.00. The molecule has 0 fully saturated rings. The predicted octanol–water partition coefficient (Wildman–Crippen LogP) is 2.52. The third kappa shape index (κ3) is 2.21. The summed E-state index contributed by atoms with van der Waals surface area (Å²) in [7, 11) is 1.63. The average Bonchev–Trinajstić information content (AvgIpc) is 2.27. The molecule has 0 unspecified atom stereocenters. The standard InChI is InChI=1S/C13H18O2/c1-5-13(3,10(2)14)11-7-6-8-12(9-11)15-4/h5-10,14H,1H2,2-4H3/t10-,13+/m0/s1. The van der Waals surface area contributed by atoms with Gasteiger partial charge in [-0.3, -0.25) is 0 Å². The molecule has 1 aromatic rings. The largest absolute Gasteiger partial charge is 0.497 e. The normalized spacial score (nSPS) is 16.5. The van der Waals surface area contributed by atoms with Crippen molar-refractivity contribution in [2.45, 2.75) is 25.4 Å². The van der Waals surface area contributed by atoms with Gasteiger partial charge in [0.1, 0.15) is 5.75 Å². The van der Waals surface area contributed by atoms with Crippen LogP contribution in [0.5, 0.6) is 5.75 Å². The van der Waals surface area contributed by atoms with E-state index in [4.69, 9.17) is 4.74 Å². The highest BCUT2D eigenvalue weighted by atomic mass is 16.5. The van der Waals surface area contributed by atoms with Crippen LogP contribution in [-0.2, 0) is 5.41 Å². The van der Waals surface area contributed by atoms with E-state index >= 15 is 0 Å². The van der Waals surface area contributed by atoms with Crippen LogP contribution in [0, 0.1) is 0 Å². The molecule has 0 aliphatic heterocycles. The van der Waals surface area contributed by atoms with Gasteiger partial charge in [-0.05, 0) is 31.5 Å². The number of aliphatic hydroxyl groups is 1. The third-order valence-corrected chi connectivity index (χ3v) is 2.98. The molecule has 0 aliphatic rings. The number of aliphatic hydroxyl groups excluding tert-OH is 1. The van der Waals surface area contributed by atoms with Crippen molar-refractivity contribution in [2.24, 2.45) is 0 Å². The van der Waals surface area contributed by atoms with Gasteiger partial charge in [0.2, 0.25) is 0 Å². The Balaban J connectivity index is 3.17. The van der Waals surface area contributed by atoms with Crippen molar-refractivity contribution in [1.29, 1.82) is 0 Å². The molecule has 2 heteroatoms. The van der Waals surface area contributed by atoms with Crippen LogP contribution >= 0.6 is 0 Å². The Bertz CT molecular complexity index is 344. The third-order valence-electron chi connectivity index (χ3n) is 2.98. The van der Waals surface area contributed by atoms with Gasteiger partial charge in [0.15, 0.2) is 0 Å². The van der Waals surface area contributed by atoms with Gasteiger partial charge in [-0.15, -0.1) is 6.58 Å². The van der Waals surface area contributed by atoms with Gasteiger partial charge in [-0.25, -0.2) is 0 Å². The molecule has 0 amide bonds. The summed E-state index contributed by atoms with van der Waals surface area (Å²) in [6.45, 7) is 7.51. The fraction of sp³-hybridized carbons (Fsp3) is 0.385. The molecule has 82 valence electrons. The summed E-state index contributed by atoms with van der Waals surface area (Å²) < 4.78 is 5.16. The molecule has 2 atom stereocenters. The minimum absolute atomic E-state index is 0.436. The van der Waals surface area contributed by atoms with Crippen LogP contribution in [0.4, 0.5) is 0 Å². The molecule has 0 radical (unpaired) electrons. The van der Waals surface area contributed by atoms with Crippen LogP contribution in [0.25, 0.3) is 0 Å². The van der Waals surface area contributed by atoms with Gasteiger partial charge >= 0.3 is 0 Å². The first kappa shape index (κ1) is 11.8. The zero-order valence-electron chi connectivity index (χ0n) is 9.53. The molecule has 2 nitrogen and oxygen atoms in total. The number of hydrogen-bond donors (Lipinski definition) is 1. The van der Waals surface area contributed by atoms with Crippen LogP contribution in [-0.4, -0.2) is 18.3 Å². The molecular weight excluding hydrogens is 188 g/mol. The molecule has 0 heterocycles. The topological polar surface area (TPSA) is 29.5 Å². The average molecular weight is 206 g/mol. The SMILES string of the molecule is C=C[C@@](C)(c1cccc(OC)c1)[C@H](C)O. The molecule has 0 spiro atoms. The maximum absolute atomic E-state index is 9.78. The number of rotatable bonds is 4. The Morgan fingerprint density at radius 2 is 2.20 bits per heavy atom. The predicted molar refractivity (Wildman–Crippen MR) is 62.2 cm³/mol.